The van der Waals surface area contributed by atoms with Crippen LogP contribution in [0.4, 0.5) is 0 Å². The van der Waals surface area contributed by atoms with Gasteiger partial charge in [-0.3, -0.25) is 0 Å². The normalized spacial score (nSPS) is 19.5. The van der Waals surface area contributed by atoms with E-state index < -0.39 is 0 Å². The number of piperidine rings is 1. The monoisotopic (exact) mass is 153 g/mol. The largest absolute Gasteiger partial charge is 0.378 e. The first kappa shape index (κ1) is 8.63. The van der Waals surface area contributed by atoms with Crippen LogP contribution in [0.2, 0.25) is 0 Å². The molecule has 1 fully saturated rings. The molecule has 0 unspecified atom stereocenters. The molecule has 0 atom stereocenters. The van der Waals surface area contributed by atoms with E-state index in [9.17, 15) is 0 Å². The molecule has 0 radical (unpaired) electrons. The van der Waals surface area contributed by atoms with Gasteiger partial charge < -0.3 is 4.90 Å². The summed E-state index contributed by atoms with van der Waals surface area (Å²) in [5.74, 6) is 0. The number of unbranched alkanes of at least 4 members (excludes halogenated alkanes) is 1. The predicted molar refractivity (Wildman–Crippen MR) is 49.5 cm³/mol. The van der Waals surface area contributed by atoms with Gasteiger partial charge in [-0.05, 0) is 31.9 Å². The van der Waals surface area contributed by atoms with Crippen molar-refractivity contribution in [3.8, 4) is 0 Å². The van der Waals surface area contributed by atoms with Crippen LogP contribution in [0.25, 0.3) is 0 Å². The van der Waals surface area contributed by atoms with E-state index in [0.29, 0.717) is 0 Å². The number of nitrogens with zero attached hydrogens (tertiary/aromatic N) is 1. The number of allylic oxidation sites excluding steroid dienone is 1. The molecule has 1 aliphatic rings. The maximum Gasteiger partial charge on any atom is 0.0172 e. The molecule has 0 saturated carbocycles. The molecule has 0 aromatic heterocycles. The van der Waals surface area contributed by atoms with Gasteiger partial charge in [0.25, 0.3) is 0 Å². The molecule has 0 bridgehead atoms. The first-order valence-electron chi connectivity index (χ1n) is 4.84. The Morgan fingerprint density at radius 2 is 1.91 bits per heavy atom. The van der Waals surface area contributed by atoms with E-state index in [1.54, 1.807) is 0 Å². The van der Waals surface area contributed by atoms with E-state index in [2.05, 4.69) is 24.1 Å². The lowest BCUT2D eigenvalue weighted by atomic mass is 10.1. The molecule has 64 valence electrons. The summed E-state index contributed by atoms with van der Waals surface area (Å²) in [6.07, 6.45) is 11.3. The minimum atomic E-state index is 1.23. The van der Waals surface area contributed by atoms with Crippen molar-refractivity contribution in [1.82, 2.24) is 4.90 Å². The summed E-state index contributed by atoms with van der Waals surface area (Å²) < 4.78 is 0. The Bertz CT molecular complexity index is 112. The number of rotatable bonds is 3. The highest BCUT2D eigenvalue weighted by Crippen LogP contribution is 2.08. The zero-order valence-corrected chi connectivity index (χ0v) is 7.55. The minimum absolute atomic E-state index is 1.23. The average Bonchev–Trinajstić information content (AvgIpc) is 2.07. The summed E-state index contributed by atoms with van der Waals surface area (Å²) in [6, 6.07) is 0. The van der Waals surface area contributed by atoms with Crippen molar-refractivity contribution in [2.75, 3.05) is 13.1 Å². The van der Waals surface area contributed by atoms with Crippen LogP contribution in [0.5, 0.6) is 0 Å². The SMILES string of the molecule is CCC/C=C/N1CCCCC1. The van der Waals surface area contributed by atoms with Crippen LogP contribution in [0.1, 0.15) is 39.0 Å². The number of hydrogen-bond donors (Lipinski definition) is 0. The fraction of sp³-hybridized carbons (Fsp3) is 0.800. The van der Waals surface area contributed by atoms with Crippen LogP contribution >= 0.6 is 0 Å². The lowest BCUT2D eigenvalue weighted by Crippen LogP contribution is -2.23. The molecule has 1 aliphatic heterocycles. The van der Waals surface area contributed by atoms with E-state index in [-0.39, 0.29) is 0 Å². The Kier molecular flexibility index (Phi) is 4.10. The van der Waals surface area contributed by atoms with Gasteiger partial charge in [0.15, 0.2) is 0 Å². The number of likely N-dealkylation sites (tertiary alicyclic amines) is 1. The summed E-state index contributed by atoms with van der Waals surface area (Å²) in [7, 11) is 0. The second kappa shape index (κ2) is 5.22. The van der Waals surface area contributed by atoms with Crippen molar-refractivity contribution in [3.05, 3.63) is 12.3 Å². The summed E-state index contributed by atoms with van der Waals surface area (Å²) in [5, 5.41) is 0. The first-order valence-corrected chi connectivity index (χ1v) is 4.84. The highest BCUT2D eigenvalue weighted by atomic mass is 15.1. The van der Waals surface area contributed by atoms with Crippen LogP contribution in [-0.4, -0.2) is 18.0 Å². The smallest absolute Gasteiger partial charge is 0.0172 e. The molecule has 0 spiro atoms. The Morgan fingerprint density at radius 3 is 2.55 bits per heavy atom. The maximum absolute atomic E-state index is 2.44. The zero-order chi connectivity index (χ0) is 7.94. The van der Waals surface area contributed by atoms with Gasteiger partial charge in [-0.15, -0.1) is 0 Å². The molecule has 0 aromatic rings. The van der Waals surface area contributed by atoms with Crippen molar-refractivity contribution in [3.63, 3.8) is 0 Å². The Morgan fingerprint density at radius 1 is 1.18 bits per heavy atom. The predicted octanol–water partition coefficient (Wildman–Crippen LogP) is 2.79. The van der Waals surface area contributed by atoms with Crippen molar-refractivity contribution >= 4 is 0 Å². The third-order valence-corrected chi connectivity index (χ3v) is 2.16. The highest BCUT2D eigenvalue weighted by Gasteiger charge is 2.03. The molecule has 1 saturated heterocycles. The maximum atomic E-state index is 2.44. The van der Waals surface area contributed by atoms with Gasteiger partial charge >= 0.3 is 0 Å². The van der Waals surface area contributed by atoms with Crippen LogP contribution in [0.15, 0.2) is 12.3 Å². The third kappa shape index (κ3) is 3.45. The van der Waals surface area contributed by atoms with E-state index in [0.717, 1.165) is 0 Å². The van der Waals surface area contributed by atoms with Gasteiger partial charge in [-0.1, -0.05) is 19.4 Å². The Balaban J connectivity index is 2.13. The van der Waals surface area contributed by atoms with Crippen LogP contribution in [0.3, 0.4) is 0 Å². The zero-order valence-electron chi connectivity index (χ0n) is 7.55. The molecule has 1 heterocycles. The first-order chi connectivity index (χ1) is 5.43. The van der Waals surface area contributed by atoms with E-state index >= 15 is 0 Å². The molecule has 0 amide bonds. The van der Waals surface area contributed by atoms with Crippen LogP contribution < -0.4 is 0 Å². The topological polar surface area (TPSA) is 3.24 Å². The Labute approximate surface area is 70.1 Å². The number of hydrogen-bond acceptors (Lipinski definition) is 1. The molecule has 1 rings (SSSR count). The standard InChI is InChI=1S/C10H19N/c1-2-3-5-8-11-9-6-4-7-10-11/h5,8H,2-4,6-7,9-10H2,1H3/b8-5+. The van der Waals surface area contributed by atoms with Crippen LogP contribution in [0, 0.1) is 0 Å². The van der Waals surface area contributed by atoms with Crippen molar-refractivity contribution in [2.45, 2.75) is 39.0 Å². The van der Waals surface area contributed by atoms with E-state index in [1.165, 1.54) is 45.2 Å². The van der Waals surface area contributed by atoms with Crippen molar-refractivity contribution in [1.29, 1.82) is 0 Å². The van der Waals surface area contributed by atoms with Gasteiger partial charge in [0.05, 0.1) is 0 Å². The van der Waals surface area contributed by atoms with Crippen LogP contribution in [-0.2, 0) is 0 Å². The second-order valence-corrected chi connectivity index (χ2v) is 3.27. The van der Waals surface area contributed by atoms with Gasteiger partial charge in [-0.25, -0.2) is 0 Å². The molecule has 1 nitrogen and oxygen atoms in total. The van der Waals surface area contributed by atoms with Gasteiger partial charge in [0.1, 0.15) is 0 Å². The average molecular weight is 153 g/mol. The minimum Gasteiger partial charge on any atom is -0.378 e. The molecule has 0 aromatic carbocycles. The molecule has 0 aliphatic carbocycles. The van der Waals surface area contributed by atoms with Crippen molar-refractivity contribution < 1.29 is 0 Å². The molecule has 0 N–H and O–H groups in total. The molecule has 11 heavy (non-hydrogen) atoms. The fourth-order valence-corrected chi connectivity index (χ4v) is 1.46. The summed E-state index contributed by atoms with van der Waals surface area (Å²) in [6.45, 7) is 4.78. The molecular weight excluding hydrogens is 134 g/mol. The third-order valence-electron chi connectivity index (χ3n) is 2.16. The Hall–Kier alpha value is -0.460. The van der Waals surface area contributed by atoms with Gasteiger partial charge in [-0.2, -0.15) is 0 Å². The molecular formula is C10H19N. The summed E-state index contributed by atoms with van der Waals surface area (Å²) in [4.78, 5) is 2.44. The fourth-order valence-electron chi connectivity index (χ4n) is 1.46. The van der Waals surface area contributed by atoms with E-state index in [4.69, 9.17) is 0 Å². The lowest BCUT2D eigenvalue weighted by Gasteiger charge is -2.24. The van der Waals surface area contributed by atoms with Crippen molar-refractivity contribution in [2.24, 2.45) is 0 Å². The summed E-state index contributed by atoms with van der Waals surface area (Å²) in [5.41, 5.74) is 0. The lowest BCUT2D eigenvalue weighted by molar-refractivity contribution is 0.308. The highest BCUT2D eigenvalue weighted by molar-refractivity contribution is 4.83. The molecule has 1 heteroatoms. The summed E-state index contributed by atoms with van der Waals surface area (Å²) >= 11 is 0. The van der Waals surface area contributed by atoms with Gasteiger partial charge in [0, 0.05) is 13.1 Å². The second-order valence-electron chi connectivity index (χ2n) is 3.27. The quantitative estimate of drug-likeness (QED) is 0.602. The van der Waals surface area contributed by atoms with E-state index in [1.807, 2.05) is 0 Å². The van der Waals surface area contributed by atoms with Gasteiger partial charge in [0.2, 0.25) is 0 Å².